The molecule has 0 atom stereocenters. The molecule has 0 fully saturated rings. The van der Waals surface area contributed by atoms with Gasteiger partial charge in [-0.3, -0.25) is 4.68 Å². The predicted octanol–water partition coefficient (Wildman–Crippen LogP) is 3.01. The molecule has 0 saturated heterocycles. The summed E-state index contributed by atoms with van der Waals surface area (Å²) in [7, 11) is 4.11. The summed E-state index contributed by atoms with van der Waals surface area (Å²) in [6, 6.07) is 5.83. The fourth-order valence-corrected chi connectivity index (χ4v) is 2.26. The fourth-order valence-electron chi connectivity index (χ4n) is 1.58. The third kappa shape index (κ3) is 2.39. The van der Waals surface area contributed by atoms with Gasteiger partial charge in [-0.2, -0.15) is 5.10 Å². The van der Waals surface area contributed by atoms with E-state index < -0.39 is 0 Å². The number of halogens is 2. The van der Waals surface area contributed by atoms with Gasteiger partial charge in [-0.1, -0.05) is 11.6 Å². The Morgan fingerprint density at radius 3 is 2.88 bits per heavy atom. The first-order chi connectivity index (χ1) is 7.58. The molecule has 2 aromatic rings. The minimum Gasteiger partial charge on any atom is -0.308 e. The maximum Gasteiger partial charge on any atom is 0.136 e. The predicted molar refractivity (Wildman–Crippen MR) is 71.0 cm³/mol. The van der Waals surface area contributed by atoms with E-state index in [2.05, 4.69) is 40.0 Å². The van der Waals surface area contributed by atoms with Gasteiger partial charge in [0.1, 0.15) is 4.60 Å². The lowest BCUT2D eigenvalue weighted by molar-refractivity contribution is 0.376. The Morgan fingerprint density at radius 2 is 2.19 bits per heavy atom. The molecule has 0 spiro atoms. The normalized spacial score (nSPS) is 11.6. The number of likely N-dealkylation sites (N-methyl/N-ethyl adjacent to an activating group) is 1. The van der Waals surface area contributed by atoms with Crippen molar-refractivity contribution in [2.45, 2.75) is 6.54 Å². The lowest BCUT2D eigenvalue weighted by Gasteiger charge is -2.09. The van der Waals surface area contributed by atoms with Crippen LogP contribution in [0.2, 0.25) is 5.02 Å². The van der Waals surface area contributed by atoms with Crippen LogP contribution >= 0.6 is 27.5 Å². The second kappa shape index (κ2) is 4.73. The van der Waals surface area contributed by atoms with Crippen molar-refractivity contribution in [3.05, 3.63) is 27.8 Å². The van der Waals surface area contributed by atoms with Gasteiger partial charge in [0.05, 0.1) is 12.1 Å². The summed E-state index contributed by atoms with van der Waals surface area (Å²) in [6.45, 7) is 1.84. The number of rotatable bonds is 3. The van der Waals surface area contributed by atoms with E-state index in [1.54, 1.807) is 0 Å². The third-order valence-corrected chi connectivity index (χ3v) is 3.25. The Labute approximate surface area is 108 Å². The second-order valence-electron chi connectivity index (χ2n) is 3.98. The standard InChI is InChI=1S/C11H13BrClN3/c1-15(2)5-6-16-10-4-3-8(13)7-9(10)11(12)14-16/h3-4,7H,5-6H2,1-2H3. The van der Waals surface area contributed by atoms with Crippen molar-refractivity contribution in [1.29, 1.82) is 0 Å². The Kier molecular flexibility index (Phi) is 3.52. The zero-order valence-corrected chi connectivity index (χ0v) is 11.6. The molecule has 0 aliphatic heterocycles. The van der Waals surface area contributed by atoms with Gasteiger partial charge in [0, 0.05) is 17.0 Å². The molecule has 0 radical (unpaired) electrons. The van der Waals surface area contributed by atoms with Crippen LogP contribution in [0.1, 0.15) is 0 Å². The number of benzene rings is 1. The summed E-state index contributed by atoms with van der Waals surface area (Å²) < 4.78 is 2.85. The Balaban J connectivity index is 2.39. The highest BCUT2D eigenvalue weighted by Crippen LogP contribution is 2.26. The van der Waals surface area contributed by atoms with E-state index in [0.717, 1.165) is 33.6 Å². The maximum absolute atomic E-state index is 5.96. The minimum absolute atomic E-state index is 0.736. The topological polar surface area (TPSA) is 21.1 Å². The van der Waals surface area contributed by atoms with Crippen LogP contribution in [0.4, 0.5) is 0 Å². The Hall–Kier alpha value is -0.580. The van der Waals surface area contributed by atoms with Crippen LogP contribution in [-0.2, 0) is 6.54 Å². The highest BCUT2D eigenvalue weighted by molar-refractivity contribution is 9.10. The number of nitrogens with zero attached hydrogens (tertiary/aromatic N) is 3. The summed E-state index contributed by atoms with van der Waals surface area (Å²) in [5.74, 6) is 0. The van der Waals surface area contributed by atoms with Gasteiger partial charge in [0.15, 0.2) is 0 Å². The smallest absolute Gasteiger partial charge is 0.136 e. The Bertz CT molecular complexity index is 507. The molecule has 0 N–H and O–H groups in total. The molecule has 1 heterocycles. The van der Waals surface area contributed by atoms with Crippen LogP contribution in [0, 0.1) is 0 Å². The molecule has 3 nitrogen and oxygen atoms in total. The largest absolute Gasteiger partial charge is 0.308 e. The van der Waals surface area contributed by atoms with Crippen molar-refractivity contribution in [1.82, 2.24) is 14.7 Å². The van der Waals surface area contributed by atoms with E-state index in [4.69, 9.17) is 11.6 Å². The molecule has 1 aromatic heterocycles. The van der Waals surface area contributed by atoms with Crippen LogP contribution in [0.25, 0.3) is 10.9 Å². The van der Waals surface area contributed by atoms with Crippen LogP contribution in [0.3, 0.4) is 0 Å². The van der Waals surface area contributed by atoms with Crippen LogP contribution < -0.4 is 0 Å². The number of aromatic nitrogens is 2. The monoisotopic (exact) mass is 301 g/mol. The minimum atomic E-state index is 0.736. The van der Waals surface area contributed by atoms with Gasteiger partial charge in [0.25, 0.3) is 0 Å². The molecular weight excluding hydrogens is 289 g/mol. The van der Waals surface area contributed by atoms with Crippen molar-refractivity contribution in [3.63, 3.8) is 0 Å². The lowest BCUT2D eigenvalue weighted by atomic mass is 10.2. The zero-order valence-electron chi connectivity index (χ0n) is 9.24. The summed E-state index contributed by atoms with van der Waals surface area (Å²) >= 11 is 9.42. The van der Waals surface area contributed by atoms with E-state index in [0.29, 0.717) is 0 Å². The molecule has 0 saturated carbocycles. The summed E-state index contributed by atoms with van der Waals surface area (Å²) in [5, 5.41) is 6.25. The first-order valence-electron chi connectivity index (χ1n) is 5.04. The second-order valence-corrected chi connectivity index (χ2v) is 5.17. The summed E-state index contributed by atoms with van der Waals surface area (Å²) in [6.07, 6.45) is 0. The van der Waals surface area contributed by atoms with E-state index in [9.17, 15) is 0 Å². The quantitative estimate of drug-likeness (QED) is 0.869. The average molecular weight is 303 g/mol. The van der Waals surface area contributed by atoms with Crippen LogP contribution in [0.5, 0.6) is 0 Å². The van der Waals surface area contributed by atoms with Gasteiger partial charge in [-0.15, -0.1) is 0 Å². The van der Waals surface area contributed by atoms with E-state index in [1.165, 1.54) is 0 Å². The first-order valence-corrected chi connectivity index (χ1v) is 6.21. The molecule has 0 aliphatic rings. The molecule has 0 aliphatic carbocycles. The van der Waals surface area contributed by atoms with Gasteiger partial charge < -0.3 is 4.90 Å². The molecule has 0 amide bonds. The van der Waals surface area contributed by atoms with Crippen molar-refractivity contribution in [2.24, 2.45) is 0 Å². The van der Waals surface area contributed by atoms with Crippen molar-refractivity contribution >= 4 is 38.4 Å². The SMILES string of the molecule is CN(C)CCn1nc(Br)c2cc(Cl)ccc21. The fraction of sp³-hybridized carbons (Fsp3) is 0.364. The van der Waals surface area contributed by atoms with Gasteiger partial charge >= 0.3 is 0 Å². The van der Waals surface area contributed by atoms with Crippen molar-refractivity contribution < 1.29 is 0 Å². The zero-order chi connectivity index (χ0) is 11.7. The highest BCUT2D eigenvalue weighted by Gasteiger charge is 2.08. The Morgan fingerprint density at radius 1 is 1.44 bits per heavy atom. The van der Waals surface area contributed by atoms with Crippen molar-refractivity contribution in [3.8, 4) is 0 Å². The third-order valence-electron chi connectivity index (χ3n) is 2.43. The van der Waals surface area contributed by atoms with E-state index in [-0.39, 0.29) is 0 Å². The molecule has 0 unspecified atom stereocenters. The lowest BCUT2D eigenvalue weighted by Crippen LogP contribution is -2.18. The highest BCUT2D eigenvalue weighted by atomic mass is 79.9. The number of hydrogen-bond donors (Lipinski definition) is 0. The van der Waals surface area contributed by atoms with Gasteiger partial charge in [-0.05, 0) is 48.2 Å². The molecule has 86 valence electrons. The summed E-state index contributed by atoms with van der Waals surface area (Å²) in [5.41, 5.74) is 1.11. The molecule has 16 heavy (non-hydrogen) atoms. The van der Waals surface area contributed by atoms with E-state index in [1.807, 2.05) is 22.9 Å². The van der Waals surface area contributed by atoms with Gasteiger partial charge in [0.2, 0.25) is 0 Å². The summed E-state index contributed by atoms with van der Waals surface area (Å²) in [4.78, 5) is 2.14. The van der Waals surface area contributed by atoms with Gasteiger partial charge in [-0.25, -0.2) is 0 Å². The van der Waals surface area contributed by atoms with Crippen molar-refractivity contribution in [2.75, 3.05) is 20.6 Å². The molecular formula is C11H13BrClN3. The average Bonchev–Trinajstić information content (AvgIpc) is 2.53. The molecule has 5 heteroatoms. The number of fused-ring (bicyclic) bond motifs is 1. The molecule has 1 aromatic carbocycles. The molecule has 2 rings (SSSR count). The van der Waals surface area contributed by atoms with Crippen LogP contribution in [-0.4, -0.2) is 35.3 Å². The maximum atomic E-state index is 5.96. The first kappa shape index (κ1) is 11.9. The van der Waals surface area contributed by atoms with E-state index >= 15 is 0 Å². The van der Waals surface area contributed by atoms with Crippen LogP contribution in [0.15, 0.2) is 22.8 Å². The number of hydrogen-bond acceptors (Lipinski definition) is 2. The molecule has 0 bridgehead atoms.